The number of fused-ring (bicyclic) bond motifs is 1. The Morgan fingerprint density at radius 3 is 3.20 bits per heavy atom. The second-order valence-electron chi connectivity index (χ2n) is 4.11. The zero-order valence-electron chi connectivity index (χ0n) is 8.77. The van der Waals surface area contributed by atoms with Gasteiger partial charge in [-0.1, -0.05) is 0 Å². The van der Waals surface area contributed by atoms with Crippen molar-refractivity contribution >= 4 is 11.0 Å². The van der Waals surface area contributed by atoms with E-state index in [1.807, 2.05) is 19.4 Å². The summed E-state index contributed by atoms with van der Waals surface area (Å²) in [7, 11) is 0. The van der Waals surface area contributed by atoms with Gasteiger partial charge in [-0.3, -0.25) is 4.98 Å². The highest BCUT2D eigenvalue weighted by Crippen LogP contribution is 2.21. The largest absolute Gasteiger partial charge is 0.326 e. The van der Waals surface area contributed by atoms with Gasteiger partial charge in [0, 0.05) is 18.3 Å². The van der Waals surface area contributed by atoms with Crippen LogP contribution in [0.1, 0.15) is 18.2 Å². The molecule has 0 bridgehead atoms. The number of hydrogen-bond donors (Lipinski definition) is 1. The van der Waals surface area contributed by atoms with Crippen LogP contribution in [-0.4, -0.2) is 27.6 Å². The summed E-state index contributed by atoms with van der Waals surface area (Å²) >= 11 is 0. The van der Waals surface area contributed by atoms with Crippen molar-refractivity contribution in [3.8, 4) is 0 Å². The third-order valence-corrected chi connectivity index (χ3v) is 3.03. The van der Waals surface area contributed by atoms with E-state index < -0.39 is 0 Å². The minimum Gasteiger partial charge on any atom is -0.326 e. The standard InChI is InChI=1S/C11H14N4/c1-8-4-11-10(6-13-8)14-7-15(11)9-2-3-12-5-9/h4,6-7,9,12H,2-3,5H2,1H3/t9-/m0/s1. The van der Waals surface area contributed by atoms with E-state index in [0.717, 1.165) is 24.3 Å². The summed E-state index contributed by atoms with van der Waals surface area (Å²) in [6, 6.07) is 2.66. The molecule has 4 heteroatoms. The van der Waals surface area contributed by atoms with Crippen molar-refractivity contribution in [3.63, 3.8) is 0 Å². The third-order valence-electron chi connectivity index (χ3n) is 3.03. The van der Waals surface area contributed by atoms with Crippen LogP contribution >= 0.6 is 0 Å². The number of nitrogens with zero attached hydrogens (tertiary/aromatic N) is 3. The van der Waals surface area contributed by atoms with E-state index in [4.69, 9.17) is 0 Å². The second-order valence-corrected chi connectivity index (χ2v) is 4.11. The Hall–Kier alpha value is -1.42. The SMILES string of the molecule is Cc1cc2c(cn1)ncn2[C@H]1CCNC1. The Morgan fingerprint density at radius 1 is 1.47 bits per heavy atom. The molecule has 78 valence electrons. The maximum absolute atomic E-state index is 4.38. The fraction of sp³-hybridized carbons (Fsp3) is 0.455. The van der Waals surface area contributed by atoms with Gasteiger partial charge in [-0.05, 0) is 26.0 Å². The summed E-state index contributed by atoms with van der Waals surface area (Å²) in [4.78, 5) is 8.63. The zero-order valence-corrected chi connectivity index (χ0v) is 8.77. The molecule has 1 aliphatic rings. The van der Waals surface area contributed by atoms with Gasteiger partial charge in [0.05, 0.1) is 18.0 Å². The average molecular weight is 202 g/mol. The number of rotatable bonds is 1. The van der Waals surface area contributed by atoms with Gasteiger partial charge < -0.3 is 9.88 Å². The van der Waals surface area contributed by atoms with Crippen LogP contribution < -0.4 is 5.32 Å². The molecule has 2 aromatic heterocycles. The van der Waals surface area contributed by atoms with E-state index in [2.05, 4.69) is 25.9 Å². The molecule has 1 aliphatic heterocycles. The van der Waals surface area contributed by atoms with Crippen molar-refractivity contribution < 1.29 is 0 Å². The van der Waals surface area contributed by atoms with E-state index in [0.29, 0.717) is 6.04 Å². The van der Waals surface area contributed by atoms with Crippen molar-refractivity contribution in [2.45, 2.75) is 19.4 Å². The molecule has 4 nitrogen and oxygen atoms in total. The van der Waals surface area contributed by atoms with Crippen molar-refractivity contribution in [1.29, 1.82) is 0 Å². The maximum Gasteiger partial charge on any atom is 0.107 e. The highest BCUT2D eigenvalue weighted by molar-refractivity contribution is 5.74. The van der Waals surface area contributed by atoms with E-state index in [1.165, 1.54) is 11.9 Å². The fourth-order valence-electron chi connectivity index (χ4n) is 2.20. The average Bonchev–Trinajstić information content (AvgIpc) is 2.83. The van der Waals surface area contributed by atoms with Gasteiger partial charge in [0.2, 0.25) is 0 Å². The molecular weight excluding hydrogens is 188 g/mol. The smallest absolute Gasteiger partial charge is 0.107 e. The number of hydrogen-bond acceptors (Lipinski definition) is 3. The van der Waals surface area contributed by atoms with Gasteiger partial charge in [0.1, 0.15) is 5.52 Å². The fourth-order valence-corrected chi connectivity index (χ4v) is 2.20. The van der Waals surface area contributed by atoms with E-state index in [9.17, 15) is 0 Å². The molecule has 1 N–H and O–H groups in total. The van der Waals surface area contributed by atoms with Crippen LogP contribution in [0.25, 0.3) is 11.0 Å². The molecule has 1 atom stereocenters. The first-order valence-corrected chi connectivity index (χ1v) is 5.34. The Balaban J connectivity index is 2.13. The maximum atomic E-state index is 4.38. The number of pyridine rings is 1. The molecule has 1 fully saturated rings. The lowest BCUT2D eigenvalue weighted by Crippen LogP contribution is -2.12. The van der Waals surface area contributed by atoms with Crippen LogP contribution in [0.4, 0.5) is 0 Å². The van der Waals surface area contributed by atoms with Gasteiger partial charge in [0.25, 0.3) is 0 Å². The van der Waals surface area contributed by atoms with Crippen molar-refractivity contribution in [3.05, 3.63) is 24.3 Å². The summed E-state index contributed by atoms with van der Waals surface area (Å²) in [5.74, 6) is 0. The molecule has 0 saturated carbocycles. The van der Waals surface area contributed by atoms with Gasteiger partial charge >= 0.3 is 0 Å². The van der Waals surface area contributed by atoms with Crippen molar-refractivity contribution in [1.82, 2.24) is 19.9 Å². The Kier molecular flexibility index (Phi) is 1.95. The first-order chi connectivity index (χ1) is 7.34. The minimum absolute atomic E-state index is 0.553. The van der Waals surface area contributed by atoms with Crippen LogP contribution in [0.2, 0.25) is 0 Å². The predicted molar refractivity (Wildman–Crippen MR) is 58.8 cm³/mol. The molecule has 0 radical (unpaired) electrons. The monoisotopic (exact) mass is 202 g/mol. The van der Waals surface area contributed by atoms with E-state index in [1.54, 1.807) is 0 Å². The predicted octanol–water partition coefficient (Wildman–Crippen LogP) is 1.27. The van der Waals surface area contributed by atoms with Crippen molar-refractivity contribution in [2.24, 2.45) is 0 Å². The molecule has 0 spiro atoms. The Labute approximate surface area is 88.3 Å². The first-order valence-electron chi connectivity index (χ1n) is 5.34. The quantitative estimate of drug-likeness (QED) is 0.757. The summed E-state index contributed by atoms with van der Waals surface area (Å²) in [6.45, 7) is 4.17. The Morgan fingerprint density at radius 2 is 2.40 bits per heavy atom. The van der Waals surface area contributed by atoms with E-state index in [-0.39, 0.29) is 0 Å². The van der Waals surface area contributed by atoms with Crippen LogP contribution in [0.5, 0.6) is 0 Å². The van der Waals surface area contributed by atoms with Crippen LogP contribution in [0.3, 0.4) is 0 Å². The molecule has 0 amide bonds. The zero-order chi connectivity index (χ0) is 10.3. The summed E-state index contributed by atoms with van der Waals surface area (Å²) in [5.41, 5.74) is 3.25. The molecular formula is C11H14N4. The highest BCUT2D eigenvalue weighted by atomic mass is 15.1. The van der Waals surface area contributed by atoms with Crippen LogP contribution in [0, 0.1) is 6.92 Å². The number of imidazole rings is 1. The summed E-state index contributed by atoms with van der Waals surface area (Å²) in [6.07, 6.45) is 4.97. The topological polar surface area (TPSA) is 42.7 Å². The summed E-state index contributed by atoms with van der Waals surface area (Å²) < 4.78 is 2.27. The number of nitrogens with one attached hydrogen (secondary N) is 1. The Bertz CT molecular complexity index is 482. The van der Waals surface area contributed by atoms with Gasteiger partial charge in [0.15, 0.2) is 0 Å². The first kappa shape index (κ1) is 8.85. The van der Waals surface area contributed by atoms with Gasteiger partial charge in [-0.25, -0.2) is 4.98 Å². The lowest BCUT2D eigenvalue weighted by Gasteiger charge is -2.11. The second kappa shape index (κ2) is 3.31. The molecule has 3 rings (SSSR count). The molecule has 0 unspecified atom stereocenters. The molecule has 1 saturated heterocycles. The minimum atomic E-state index is 0.553. The molecule has 15 heavy (non-hydrogen) atoms. The van der Waals surface area contributed by atoms with E-state index >= 15 is 0 Å². The van der Waals surface area contributed by atoms with Crippen LogP contribution in [0.15, 0.2) is 18.6 Å². The number of aryl methyl sites for hydroxylation is 1. The molecule has 0 aromatic carbocycles. The molecule has 3 heterocycles. The highest BCUT2D eigenvalue weighted by Gasteiger charge is 2.18. The normalized spacial score (nSPS) is 21.3. The molecule has 2 aromatic rings. The lowest BCUT2D eigenvalue weighted by molar-refractivity contribution is 0.561. The number of aromatic nitrogens is 3. The lowest BCUT2D eigenvalue weighted by atomic mass is 10.2. The summed E-state index contributed by atoms with van der Waals surface area (Å²) in [5, 5.41) is 3.38. The molecule has 0 aliphatic carbocycles. The van der Waals surface area contributed by atoms with Crippen LogP contribution in [-0.2, 0) is 0 Å². The van der Waals surface area contributed by atoms with Gasteiger partial charge in [-0.15, -0.1) is 0 Å². The third kappa shape index (κ3) is 1.41. The van der Waals surface area contributed by atoms with Crippen molar-refractivity contribution in [2.75, 3.05) is 13.1 Å². The van der Waals surface area contributed by atoms with Gasteiger partial charge in [-0.2, -0.15) is 0 Å².